The maximum absolute atomic E-state index is 11.3. The molecule has 0 unspecified atom stereocenters. The van der Waals surface area contributed by atoms with E-state index in [-0.39, 0.29) is 6.61 Å². The molecule has 0 amide bonds. The zero-order valence-corrected chi connectivity index (χ0v) is 9.96. The number of carbonyl (C=O) groups excluding carboxylic acids is 1. The van der Waals surface area contributed by atoms with Crippen LogP contribution in [0.3, 0.4) is 0 Å². The molecule has 5 nitrogen and oxygen atoms in total. The van der Waals surface area contributed by atoms with Crippen molar-refractivity contribution >= 4 is 11.9 Å². The minimum Gasteiger partial charge on any atom is -0.494 e. The molecule has 1 N–H and O–H groups in total. The number of carboxylic acid groups (broad SMARTS) is 1. The summed E-state index contributed by atoms with van der Waals surface area (Å²) in [5.74, 6) is -2.62. The number of hydrogen-bond acceptors (Lipinski definition) is 4. The van der Waals surface area contributed by atoms with Crippen LogP contribution in [0.25, 0.3) is 0 Å². The Morgan fingerprint density at radius 2 is 2.11 bits per heavy atom. The second-order valence-electron chi connectivity index (χ2n) is 4.05. The highest BCUT2D eigenvalue weighted by atomic mass is 16.5. The van der Waals surface area contributed by atoms with Gasteiger partial charge in [0.2, 0.25) is 0 Å². The third kappa shape index (κ3) is 2.30. The molecule has 2 atom stereocenters. The standard InChI is InChI=1S/C13H14O5/c1-2-17-9-5-3-8(4-6-9)10-7-18-13(16)11(10)12(14)15/h3-6,10-11H,2,7H2,1H3,(H,14,15)/t10-,11-/m1/s1. The molecular weight excluding hydrogens is 236 g/mol. The van der Waals surface area contributed by atoms with Crippen molar-refractivity contribution in [2.75, 3.05) is 13.2 Å². The second kappa shape index (κ2) is 5.08. The minimum absolute atomic E-state index is 0.115. The first-order chi connectivity index (χ1) is 8.63. The van der Waals surface area contributed by atoms with Crippen molar-refractivity contribution in [3.63, 3.8) is 0 Å². The van der Waals surface area contributed by atoms with Gasteiger partial charge in [-0.05, 0) is 24.6 Å². The molecule has 96 valence electrons. The van der Waals surface area contributed by atoms with E-state index in [1.54, 1.807) is 24.3 Å². The molecule has 2 rings (SSSR count). The van der Waals surface area contributed by atoms with E-state index in [9.17, 15) is 9.59 Å². The van der Waals surface area contributed by atoms with Gasteiger partial charge < -0.3 is 14.6 Å². The number of aliphatic carboxylic acids is 1. The van der Waals surface area contributed by atoms with E-state index in [0.717, 1.165) is 11.3 Å². The van der Waals surface area contributed by atoms with E-state index >= 15 is 0 Å². The SMILES string of the molecule is CCOc1ccc([C@H]2COC(=O)[C@H]2C(=O)O)cc1. The normalized spacial score (nSPS) is 22.6. The van der Waals surface area contributed by atoms with Gasteiger partial charge in [-0.25, -0.2) is 0 Å². The van der Waals surface area contributed by atoms with E-state index in [1.165, 1.54) is 0 Å². The Morgan fingerprint density at radius 3 is 2.67 bits per heavy atom. The molecule has 0 bridgehead atoms. The van der Waals surface area contributed by atoms with Crippen molar-refractivity contribution < 1.29 is 24.2 Å². The third-order valence-electron chi connectivity index (χ3n) is 2.95. The number of ether oxygens (including phenoxy) is 2. The molecule has 18 heavy (non-hydrogen) atoms. The Kier molecular flexibility index (Phi) is 3.50. The van der Waals surface area contributed by atoms with Crippen LogP contribution in [0.2, 0.25) is 0 Å². The topological polar surface area (TPSA) is 72.8 Å². The van der Waals surface area contributed by atoms with Gasteiger partial charge in [0.25, 0.3) is 0 Å². The van der Waals surface area contributed by atoms with Gasteiger partial charge in [0.1, 0.15) is 5.75 Å². The van der Waals surface area contributed by atoms with Gasteiger partial charge in [-0.1, -0.05) is 12.1 Å². The first-order valence-corrected chi connectivity index (χ1v) is 5.75. The van der Waals surface area contributed by atoms with Gasteiger partial charge in [0, 0.05) is 5.92 Å². The van der Waals surface area contributed by atoms with Crippen molar-refractivity contribution in [3.05, 3.63) is 29.8 Å². The predicted octanol–water partition coefficient (Wildman–Crippen LogP) is 1.43. The molecule has 0 saturated carbocycles. The zero-order valence-electron chi connectivity index (χ0n) is 9.96. The summed E-state index contributed by atoms with van der Waals surface area (Å²) in [6.45, 7) is 2.57. The number of carboxylic acids is 1. The van der Waals surface area contributed by atoms with Gasteiger partial charge in [-0.15, -0.1) is 0 Å². The van der Waals surface area contributed by atoms with E-state index in [4.69, 9.17) is 14.6 Å². The van der Waals surface area contributed by atoms with Crippen molar-refractivity contribution in [2.45, 2.75) is 12.8 Å². The van der Waals surface area contributed by atoms with Gasteiger partial charge in [-0.2, -0.15) is 0 Å². The molecular formula is C13H14O5. The van der Waals surface area contributed by atoms with Crippen molar-refractivity contribution in [1.82, 2.24) is 0 Å². The van der Waals surface area contributed by atoms with Gasteiger partial charge >= 0.3 is 11.9 Å². The molecule has 0 radical (unpaired) electrons. The lowest BCUT2D eigenvalue weighted by atomic mass is 9.88. The minimum atomic E-state index is -1.14. The van der Waals surface area contributed by atoms with Crippen LogP contribution in [0.1, 0.15) is 18.4 Å². The second-order valence-corrected chi connectivity index (χ2v) is 4.05. The lowest BCUT2D eigenvalue weighted by Gasteiger charge is -2.12. The van der Waals surface area contributed by atoms with Crippen LogP contribution < -0.4 is 4.74 Å². The van der Waals surface area contributed by atoms with Crippen LogP contribution in [0.4, 0.5) is 0 Å². The summed E-state index contributed by atoms with van der Waals surface area (Å²) in [6.07, 6.45) is 0. The summed E-state index contributed by atoms with van der Waals surface area (Å²) in [6, 6.07) is 7.07. The molecule has 1 aliphatic rings. The summed E-state index contributed by atoms with van der Waals surface area (Å²) in [5.41, 5.74) is 0.775. The van der Waals surface area contributed by atoms with E-state index < -0.39 is 23.8 Å². The van der Waals surface area contributed by atoms with Crippen molar-refractivity contribution in [2.24, 2.45) is 5.92 Å². The summed E-state index contributed by atoms with van der Waals surface area (Å²) in [4.78, 5) is 22.4. The van der Waals surface area contributed by atoms with Crippen molar-refractivity contribution in [3.8, 4) is 5.75 Å². The summed E-state index contributed by atoms with van der Waals surface area (Å²) in [7, 11) is 0. The summed E-state index contributed by atoms with van der Waals surface area (Å²) in [5, 5.41) is 9.03. The van der Waals surface area contributed by atoms with E-state index in [1.807, 2.05) is 6.92 Å². The first-order valence-electron chi connectivity index (χ1n) is 5.75. The fourth-order valence-corrected chi connectivity index (χ4v) is 2.06. The van der Waals surface area contributed by atoms with Gasteiger partial charge in [-0.3, -0.25) is 9.59 Å². The Bertz CT molecular complexity index is 451. The highest BCUT2D eigenvalue weighted by molar-refractivity contribution is 5.96. The monoisotopic (exact) mass is 250 g/mol. The predicted molar refractivity (Wildman–Crippen MR) is 62.4 cm³/mol. The molecule has 5 heteroatoms. The Labute approximate surface area is 104 Å². The number of hydrogen-bond donors (Lipinski definition) is 1. The molecule has 0 aromatic heterocycles. The third-order valence-corrected chi connectivity index (χ3v) is 2.95. The van der Waals surface area contributed by atoms with Crippen LogP contribution in [0, 0.1) is 5.92 Å². The van der Waals surface area contributed by atoms with Crippen LogP contribution in [0.5, 0.6) is 5.75 Å². The molecule has 0 aliphatic carbocycles. The lowest BCUT2D eigenvalue weighted by molar-refractivity contribution is -0.152. The molecule has 1 heterocycles. The first kappa shape index (κ1) is 12.4. The number of carbonyl (C=O) groups is 2. The molecule has 0 spiro atoms. The van der Waals surface area contributed by atoms with Crippen molar-refractivity contribution in [1.29, 1.82) is 0 Å². The largest absolute Gasteiger partial charge is 0.494 e. The highest BCUT2D eigenvalue weighted by Crippen LogP contribution is 2.32. The lowest BCUT2D eigenvalue weighted by Crippen LogP contribution is -2.24. The Balaban J connectivity index is 2.20. The Hall–Kier alpha value is -2.04. The molecule has 1 saturated heterocycles. The van der Waals surface area contributed by atoms with Crippen LogP contribution in [-0.2, 0) is 14.3 Å². The Morgan fingerprint density at radius 1 is 1.44 bits per heavy atom. The van der Waals surface area contributed by atoms with Crippen LogP contribution >= 0.6 is 0 Å². The number of esters is 1. The van der Waals surface area contributed by atoms with Crippen LogP contribution in [0.15, 0.2) is 24.3 Å². The zero-order chi connectivity index (χ0) is 13.1. The number of rotatable bonds is 4. The number of cyclic esters (lactones) is 1. The molecule has 1 aromatic rings. The molecule has 1 fully saturated rings. The smallest absolute Gasteiger partial charge is 0.321 e. The van der Waals surface area contributed by atoms with Gasteiger partial charge in [0.15, 0.2) is 5.92 Å². The maximum Gasteiger partial charge on any atom is 0.321 e. The molecule has 1 aliphatic heterocycles. The molecule has 1 aromatic carbocycles. The summed E-state index contributed by atoms with van der Waals surface area (Å²) >= 11 is 0. The quantitative estimate of drug-likeness (QED) is 0.646. The van der Waals surface area contributed by atoms with Crippen LogP contribution in [-0.4, -0.2) is 30.3 Å². The average Bonchev–Trinajstić information content (AvgIpc) is 2.73. The fraction of sp³-hybridized carbons (Fsp3) is 0.385. The maximum atomic E-state index is 11.3. The fourth-order valence-electron chi connectivity index (χ4n) is 2.06. The van der Waals surface area contributed by atoms with E-state index in [0.29, 0.717) is 6.61 Å². The van der Waals surface area contributed by atoms with E-state index in [2.05, 4.69) is 0 Å². The van der Waals surface area contributed by atoms with Gasteiger partial charge in [0.05, 0.1) is 13.2 Å². The summed E-state index contributed by atoms with van der Waals surface area (Å²) < 4.78 is 10.1. The average molecular weight is 250 g/mol. The number of benzene rings is 1. The highest BCUT2D eigenvalue weighted by Gasteiger charge is 2.43.